The molecule has 0 saturated carbocycles. The van der Waals surface area contributed by atoms with Gasteiger partial charge in [0.25, 0.3) is 5.91 Å². The fourth-order valence-corrected chi connectivity index (χ4v) is 2.09. The molecule has 0 saturated heterocycles. The maximum absolute atomic E-state index is 13.7. The Bertz CT molecular complexity index is 844. The maximum atomic E-state index is 13.7. The largest absolute Gasteiger partial charge is 0.319 e. The summed E-state index contributed by atoms with van der Waals surface area (Å²) < 4.78 is 40.5. The first-order valence-corrected chi connectivity index (χ1v) is 7.03. The lowest BCUT2D eigenvalue weighted by Crippen LogP contribution is -2.14. The van der Waals surface area contributed by atoms with Gasteiger partial charge in [-0.05, 0) is 36.4 Å². The van der Waals surface area contributed by atoms with Gasteiger partial charge in [-0.15, -0.1) is 0 Å². The van der Waals surface area contributed by atoms with Gasteiger partial charge in [0.2, 0.25) is 0 Å². The Morgan fingerprint density at radius 2 is 1.87 bits per heavy atom. The van der Waals surface area contributed by atoms with Crippen LogP contribution in [0.3, 0.4) is 0 Å². The summed E-state index contributed by atoms with van der Waals surface area (Å²) in [6, 6.07) is 8.22. The lowest BCUT2D eigenvalue weighted by atomic mass is 10.1. The number of nitrogens with zero attached hydrogens (tertiary/aromatic N) is 1. The first-order valence-electron chi connectivity index (χ1n) is 6.24. The summed E-state index contributed by atoms with van der Waals surface area (Å²) in [7, 11) is 0. The van der Waals surface area contributed by atoms with Gasteiger partial charge in [0.05, 0.1) is 5.69 Å². The molecule has 3 nitrogen and oxygen atoms in total. The minimum Gasteiger partial charge on any atom is -0.319 e. The second-order valence-electron chi connectivity index (χ2n) is 4.41. The van der Waals surface area contributed by atoms with Crippen LogP contribution in [-0.2, 0) is 4.79 Å². The van der Waals surface area contributed by atoms with Crippen LogP contribution < -0.4 is 5.32 Å². The van der Waals surface area contributed by atoms with Gasteiger partial charge in [-0.2, -0.15) is 5.26 Å². The molecule has 2 rings (SSSR count). The predicted molar refractivity (Wildman–Crippen MR) is 82.7 cm³/mol. The van der Waals surface area contributed by atoms with Crippen molar-refractivity contribution in [1.82, 2.24) is 0 Å². The second kappa shape index (κ2) is 7.11. The first kappa shape index (κ1) is 16.8. The fourth-order valence-electron chi connectivity index (χ4n) is 1.71. The number of rotatable bonds is 3. The summed E-state index contributed by atoms with van der Waals surface area (Å²) >= 11 is 3.15. The third-order valence-electron chi connectivity index (χ3n) is 2.80. The van der Waals surface area contributed by atoms with Crippen LogP contribution in [0.15, 0.2) is 46.4 Å². The summed E-state index contributed by atoms with van der Waals surface area (Å²) in [4.78, 5) is 12.0. The van der Waals surface area contributed by atoms with Crippen LogP contribution in [0.25, 0.3) is 6.08 Å². The van der Waals surface area contributed by atoms with E-state index in [4.69, 9.17) is 5.26 Å². The van der Waals surface area contributed by atoms with E-state index < -0.39 is 28.9 Å². The van der Waals surface area contributed by atoms with Crippen LogP contribution in [0.2, 0.25) is 0 Å². The zero-order valence-corrected chi connectivity index (χ0v) is 13.0. The minimum atomic E-state index is -0.982. The normalized spacial score (nSPS) is 11.0. The molecule has 0 atom stereocenters. The quantitative estimate of drug-likeness (QED) is 0.633. The highest BCUT2D eigenvalue weighted by Gasteiger charge is 2.13. The number of hydrogen-bond acceptors (Lipinski definition) is 2. The smallest absolute Gasteiger partial charge is 0.266 e. The predicted octanol–water partition coefficient (Wildman–Crippen LogP) is 4.41. The number of benzene rings is 2. The van der Waals surface area contributed by atoms with Gasteiger partial charge in [-0.1, -0.05) is 15.9 Å². The van der Waals surface area contributed by atoms with Crippen LogP contribution in [0.5, 0.6) is 0 Å². The van der Waals surface area contributed by atoms with E-state index in [1.807, 2.05) is 0 Å². The fraction of sp³-hybridized carbons (Fsp3) is 0. The van der Waals surface area contributed by atoms with Crippen molar-refractivity contribution in [3.63, 3.8) is 0 Å². The van der Waals surface area contributed by atoms with Gasteiger partial charge in [0.1, 0.15) is 29.1 Å². The van der Waals surface area contributed by atoms with Gasteiger partial charge < -0.3 is 5.32 Å². The topological polar surface area (TPSA) is 52.9 Å². The minimum absolute atomic E-state index is 0.0191. The monoisotopic (exact) mass is 380 g/mol. The Morgan fingerprint density at radius 3 is 2.52 bits per heavy atom. The van der Waals surface area contributed by atoms with Crippen molar-refractivity contribution in [3.05, 3.63) is 69.5 Å². The average Bonchev–Trinajstić information content (AvgIpc) is 2.50. The highest BCUT2D eigenvalue weighted by molar-refractivity contribution is 9.10. The van der Waals surface area contributed by atoms with E-state index in [9.17, 15) is 18.0 Å². The van der Waals surface area contributed by atoms with E-state index in [0.717, 1.165) is 18.2 Å². The summed E-state index contributed by atoms with van der Waals surface area (Å²) in [6.45, 7) is 0. The highest BCUT2D eigenvalue weighted by Crippen LogP contribution is 2.20. The van der Waals surface area contributed by atoms with Crippen molar-refractivity contribution in [3.8, 4) is 6.07 Å². The lowest BCUT2D eigenvalue weighted by molar-refractivity contribution is -0.112. The Balaban J connectivity index is 2.30. The van der Waals surface area contributed by atoms with Gasteiger partial charge >= 0.3 is 0 Å². The number of amides is 1. The number of hydrogen-bond donors (Lipinski definition) is 1. The molecule has 2 aromatic carbocycles. The zero-order chi connectivity index (χ0) is 17.0. The maximum Gasteiger partial charge on any atom is 0.266 e. The lowest BCUT2D eigenvalue weighted by Gasteiger charge is -2.06. The van der Waals surface area contributed by atoms with Crippen molar-refractivity contribution in [2.75, 3.05) is 5.32 Å². The van der Waals surface area contributed by atoms with Crippen LogP contribution >= 0.6 is 15.9 Å². The van der Waals surface area contributed by atoms with Crippen molar-refractivity contribution < 1.29 is 18.0 Å². The molecule has 0 fully saturated rings. The Morgan fingerprint density at radius 1 is 1.13 bits per heavy atom. The number of nitrogens with one attached hydrogen (secondary N) is 1. The summed E-state index contributed by atoms with van der Waals surface area (Å²) in [5.74, 6) is -3.34. The molecule has 0 bridgehead atoms. The number of carbonyl (C=O) groups excluding carboxylic acids is 1. The molecule has 7 heteroatoms. The molecule has 0 heterocycles. The molecule has 1 N–H and O–H groups in total. The summed E-state index contributed by atoms with van der Waals surface area (Å²) in [6.07, 6.45) is 1.04. The Kier molecular flexibility index (Phi) is 5.19. The molecule has 1 amide bonds. The number of carbonyl (C=O) groups is 1. The summed E-state index contributed by atoms with van der Waals surface area (Å²) in [5.41, 5.74) is -0.691. The second-order valence-corrected chi connectivity index (χ2v) is 5.33. The molecule has 0 spiro atoms. The molecule has 0 aromatic heterocycles. The number of anilines is 1. The molecular weight excluding hydrogens is 373 g/mol. The molecule has 0 unspecified atom stereocenters. The van der Waals surface area contributed by atoms with Crippen molar-refractivity contribution >= 4 is 33.6 Å². The Labute approximate surface area is 138 Å². The first-order chi connectivity index (χ1) is 10.9. The van der Waals surface area contributed by atoms with Crippen LogP contribution in [0, 0.1) is 28.8 Å². The van der Waals surface area contributed by atoms with E-state index in [1.165, 1.54) is 18.2 Å². The third kappa shape index (κ3) is 4.20. The molecule has 0 aliphatic heterocycles. The number of nitriles is 1. The molecule has 0 aliphatic carbocycles. The van der Waals surface area contributed by atoms with Crippen LogP contribution in [0.1, 0.15) is 5.56 Å². The number of halogens is 4. The SMILES string of the molecule is N#C/C(=C\c1cc(Br)ccc1F)C(=O)Nc1ccc(F)cc1F. The van der Waals surface area contributed by atoms with E-state index in [0.29, 0.717) is 10.5 Å². The van der Waals surface area contributed by atoms with Crippen LogP contribution in [0.4, 0.5) is 18.9 Å². The Hall–Kier alpha value is -2.59. The van der Waals surface area contributed by atoms with Crippen molar-refractivity contribution in [2.24, 2.45) is 0 Å². The van der Waals surface area contributed by atoms with Crippen LogP contribution in [-0.4, -0.2) is 5.91 Å². The van der Waals surface area contributed by atoms with Crippen molar-refractivity contribution in [2.45, 2.75) is 0 Å². The van der Waals surface area contributed by atoms with Gasteiger partial charge in [0, 0.05) is 16.1 Å². The van der Waals surface area contributed by atoms with Gasteiger partial charge in [-0.3, -0.25) is 4.79 Å². The molecule has 0 radical (unpaired) electrons. The third-order valence-corrected chi connectivity index (χ3v) is 3.30. The summed E-state index contributed by atoms with van der Waals surface area (Å²) in [5, 5.41) is 11.2. The molecule has 116 valence electrons. The molecular formula is C16H8BrF3N2O. The van der Waals surface area contributed by atoms with E-state index in [-0.39, 0.29) is 11.3 Å². The standard InChI is InChI=1S/C16H8BrF3N2O/c17-11-1-3-13(19)9(6-11)5-10(8-21)16(23)22-15-4-2-12(18)7-14(15)20/h1-7H,(H,22,23)/b10-5+. The van der Waals surface area contributed by atoms with Crippen molar-refractivity contribution in [1.29, 1.82) is 5.26 Å². The van der Waals surface area contributed by atoms with E-state index in [1.54, 1.807) is 6.07 Å². The molecule has 23 heavy (non-hydrogen) atoms. The van der Waals surface area contributed by atoms with Gasteiger partial charge in [0.15, 0.2) is 0 Å². The molecule has 0 aliphatic rings. The van der Waals surface area contributed by atoms with E-state index in [2.05, 4.69) is 21.2 Å². The van der Waals surface area contributed by atoms with Gasteiger partial charge in [-0.25, -0.2) is 13.2 Å². The van der Waals surface area contributed by atoms with E-state index >= 15 is 0 Å². The molecule has 2 aromatic rings. The highest BCUT2D eigenvalue weighted by atomic mass is 79.9. The average molecular weight is 381 g/mol. The zero-order valence-electron chi connectivity index (χ0n) is 11.4.